The number of nitrogens with one attached hydrogen (secondary N) is 2. The Morgan fingerprint density at radius 3 is 2.65 bits per heavy atom. The first-order valence-corrected chi connectivity index (χ1v) is 8.78. The Balaban J connectivity index is 1.67. The number of carbonyl (C=O) groups excluding carboxylic acids is 2. The molecule has 1 saturated heterocycles. The Labute approximate surface area is 139 Å². The number of amides is 3. The van der Waals surface area contributed by atoms with Crippen molar-refractivity contribution in [2.75, 3.05) is 39.3 Å². The maximum atomic E-state index is 12.3. The summed E-state index contributed by atoms with van der Waals surface area (Å²) in [6, 6.07) is 0.278. The molecule has 0 aromatic carbocycles. The molecule has 0 spiro atoms. The van der Waals surface area contributed by atoms with Crippen molar-refractivity contribution < 1.29 is 9.59 Å². The van der Waals surface area contributed by atoms with Gasteiger partial charge in [-0.25, -0.2) is 4.79 Å². The van der Waals surface area contributed by atoms with E-state index in [1.807, 2.05) is 11.8 Å². The lowest BCUT2D eigenvalue weighted by molar-refractivity contribution is -0.122. The summed E-state index contributed by atoms with van der Waals surface area (Å²) in [6.45, 7) is 8.61. The predicted molar refractivity (Wildman–Crippen MR) is 91.2 cm³/mol. The minimum absolute atomic E-state index is 0.0524. The molecule has 0 aliphatic carbocycles. The number of rotatable bonds is 5. The van der Waals surface area contributed by atoms with Crippen LogP contribution < -0.4 is 10.6 Å². The standard InChI is InChI=1S/C17H30N4O2/c1-3-8-18-16(22)13-20-10-6-15(7-11-20)19-17(23)21-9-4-5-14(2)12-21/h5,15H,3-4,6-13H2,1-2H3,(H,18,22)(H,19,23). The topological polar surface area (TPSA) is 64.7 Å². The van der Waals surface area contributed by atoms with E-state index in [9.17, 15) is 9.59 Å². The van der Waals surface area contributed by atoms with Gasteiger partial charge in [0.2, 0.25) is 5.91 Å². The summed E-state index contributed by atoms with van der Waals surface area (Å²) in [7, 11) is 0. The smallest absolute Gasteiger partial charge is 0.317 e. The highest BCUT2D eigenvalue weighted by Crippen LogP contribution is 2.13. The third-order valence-electron chi connectivity index (χ3n) is 4.47. The Hall–Kier alpha value is -1.56. The second-order valence-electron chi connectivity index (χ2n) is 6.61. The van der Waals surface area contributed by atoms with E-state index in [-0.39, 0.29) is 18.0 Å². The Kier molecular flexibility index (Phi) is 6.89. The quantitative estimate of drug-likeness (QED) is 0.751. The van der Waals surface area contributed by atoms with Gasteiger partial charge in [0.15, 0.2) is 0 Å². The van der Waals surface area contributed by atoms with Crippen molar-refractivity contribution >= 4 is 11.9 Å². The summed E-state index contributed by atoms with van der Waals surface area (Å²) in [5.41, 5.74) is 1.26. The van der Waals surface area contributed by atoms with Crippen LogP contribution in [0.5, 0.6) is 0 Å². The number of carbonyl (C=O) groups is 2. The fourth-order valence-electron chi connectivity index (χ4n) is 3.11. The third kappa shape index (κ3) is 5.86. The van der Waals surface area contributed by atoms with Crippen molar-refractivity contribution in [1.82, 2.24) is 20.4 Å². The molecule has 23 heavy (non-hydrogen) atoms. The molecular formula is C17H30N4O2. The van der Waals surface area contributed by atoms with E-state index in [1.54, 1.807) is 0 Å². The molecule has 6 heteroatoms. The first-order valence-electron chi connectivity index (χ1n) is 8.78. The van der Waals surface area contributed by atoms with Crippen molar-refractivity contribution in [1.29, 1.82) is 0 Å². The van der Waals surface area contributed by atoms with Gasteiger partial charge >= 0.3 is 6.03 Å². The van der Waals surface area contributed by atoms with Crippen molar-refractivity contribution in [3.63, 3.8) is 0 Å². The van der Waals surface area contributed by atoms with Crippen LogP contribution in [-0.4, -0.2) is 67.0 Å². The van der Waals surface area contributed by atoms with E-state index < -0.39 is 0 Å². The van der Waals surface area contributed by atoms with Gasteiger partial charge in [-0.15, -0.1) is 0 Å². The van der Waals surface area contributed by atoms with Crippen molar-refractivity contribution in [2.45, 2.75) is 45.6 Å². The van der Waals surface area contributed by atoms with Gasteiger partial charge in [-0.1, -0.05) is 18.6 Å². The van der Waals surface area contributed by atoms with Gasteiger partial charge in [-0.05, 0) is 32.6 Å². The van der Waals surface area contributed by atoms with Gasteiger partial charge in [-0.3, -0.25) is 9.69 Å². The molecule has 0 radical (unpaired) electrons. The van der Waals surface area contributed by atoms with Crippen LogP contribution in [0.25, 0.3) is 0 Å². The Morgan fingerprint density at radius 2 is 2.00 bits per heavy atom. The molecule has 3 amide bonds. The molecule has 2 aliphatic heterocycles. The Bertz CT molecular complexity index is 442. The fraction of sp³-hybridized carbons (Fsp3) is 0.765. The monoisotopic (exact) mass is 322 g/mol. The SMILES string of the molecule is CCCNC(=O)CN1CCC(NC(=O)N2CCC=C(C)C2)CC1. The maximum absolute atomic E-state index is 12.3. The number of likely N-dealkylation sites (tertiary alicyclic amines) is 1. The lowest BCUT2D eigenvalue weighted by atomic mass is 10.1. The number of hydrogen-bond donors (Lipinski definition) is 2. The molecule has 1 fully saturated rings. The average molecular weight is 322 g/mol. The third-order valence-corrected chi connectivity index (χ3v) is 4.47. The van der Waals surface area contributed by atoms with E-state index in [1.165, 1.54) is 5.57 Å². The molecule has 0 aromatic rings. The maximum Gasteiger partial charge on any atom is 0.317 e. The van der Waals surface area contributed by atoms with Crippen LogP contribution in [0.15, 0.2) is 11.6 Å². The van der Waals surface area contributed by atoms with Gasteiger partial charge in [0, 0.05) is 38.8 Å². The van der Waals surface area contributed by atoms with E-state index in [2.05, 4.69) is 28.5 Å². The van der Waals surface area contributed by atoms with E-state index in [4.69, 9.17) is 0 Å². The molecule has 0 aromatic heterocycles. The second kappa shape index (κ2) is 8.91. The van der Waals surface area contributed by atoms with Crippen LogP contribution in [0.4, 0.5) is 4.79 Å². The molecule has 2 N–H and O–H groups in total. The second-order valence-corrected chi connectivity index (χ2v) is 6.61. The molecule has 0 bridgehead atoms. The average Bonchev–Trinajstić information content (AvgIpc) is 2.54. The van der Waals surface area contributed by atoms with Crippen molar-refractivity contribution in [3.05, 3.63) is 11.6 Å². The number of hydrogen-bond acceptors (Lipinski definition) is 3. The lowest BCUT2D eigenvalue weighted by Crippen LogP contribution is -2.51. The summed E-state index contributed by atoms with van der Waals surface area (Å²) in [4.78, 5) is 28.1. The highest BCUT2D eigenvalue weighted by molar-refractivity contribution is 5.78. The minimum atomic E-state index is 0.0524. The van der Waals surface area contributed by atoms with Gasteiger partial charge in [0.05, 0.1) is 6.54 Å². The molecule has 130 valence electrons. The lowest BCUT2D eigenvalue weighted by Gasteiger charge is -2.34. The molecule has 2 rings (SSSR count). The van der Waals surface area contributed by atoms with Crippen LogP contribution in [0, 0.1) is 0 Å². The van der Waals surface area contributed by atoms with Crippen molar-refractivity contribution in [3.8, 4) is 0 Å². The molecular weight excluding hydrogens is 292 g/mol. The first-order chi connectivity index (χ1) is 11.1. The van der Waals surface area contributed by atoms with Gasteiger partial charge in [0.25, 0.3) is 0 Å². The summed E-state index contributed by atoms with van der Waals surface area (Å²) < 4.78 is 0. The molecule has 0 unspecified atom stereocenters. The zero-order valence-corrected chi connectivity index (χ0v) is 14.4. The van der Waals surface area contributed by atoms with Crippen LogP contribution in [0.2, 0.25) is 0 Å². The largest absolute Gasteiger partial charge is 0.355 e. The number of urea groups is 1. The minimum Gasteiger partial charge on any atom is -0.355 e. The number of nitrogens with zero attached hydrogens (tertiary/aromatic N) is 2. The molecule has 2 aliphatic rings. The van der Waals surface area contributed by atoms with E-state index >= 15 is 0 Å². The zero-order valence-electron chi connectivity index (χ0n) is 14.4. The van der Waals surface area contributed by atoms with Gasteiger partial charge in [-0.2, -0.15) is 0 Å². The molecule has 6 nitrogen and oxygen atoms in total. The van der Waals surface area contributed by atoms with E-state index in [0.29, 0.717) is 6.54 Å². The van der Waals surface area contributed by atoms with Gasteiger partial charge in [0.1, 0.15) is 0 Å². The highest BCUT2D eigenvalue weighted by Gasteiger charge is 2.24. The van der Waals surface area contributed by atoms with E-state index in [0.717, 1.165) is 58.4 Å². The van der Waals surface area contributed by atoms with Crippen molar-refractivity contribution in [2.24, 2.45) is 0 Å². The number of piperidine rings is 1. The zero-order chi connectivity index (χ0) is 16.7. The normalized spacial score (nSPS) is 20.1. The molecule has 2 heterocycles. The first kappa shape index (κ1) is 17.8. The summed E-state index contributed by atoms with van der Waals surface area (Å²) in [5, 5.41) is 6.06. The summed E-state index contributed by atoms with van der Waals surface area (Å²) in [5.74, 6) is 0.102. The molecule has 0 atom stereocenters. The van der Waals surface area contributed by atoms with Crippen LogP contribution >= 0.6 is 0 Å². The fourth-order valence-corrected chi connectivity index (χ4v) is 3.11. The van der Waals surface area contributed by atoms with Crippen LogP contribution in [-0.2, 0) is 4.79 Å². The Morgan fingerprint density at radius 1 is 1.26 bits per heavy atom. The highest BCUT2D eigenvalue weighted by atomic mass is 16.2. The summed E-state index contributed by atoms with van der Waals surface area (Å²) in [6.07, 6.45) is 5.94. The predicted octanol–water partition coefficient (Wildman–Crippen LogP) is 1.34. The molecule has 0 saturated carbocycles. The summed E-state index contributed by atoms with van der Waals surface area (Å²) >= 11 is 0. The van der Waals surface area contributed by atoms with Crippen LogP contribution in [0.3, 0.4) is 0 Å². The van der Waals surface area contributed by atoms with Crippen LogP contribution in [0.1, 0.15) is 39.5 Å². The van der Waals surface area contributed by atoms with Gasteiger partial charge < -0.3 is 15.5 Å².